The van der Waals surface area contributed by atoms with E-state index in [1.165, 1.54) is 31.6 Å². The first-order chi connectivity index (χ1) is 13.0. The molecule has 1 aromatic carbocycles. The van der Waals surface area contributed by atoms with Crippen molar-refractivity contribution < 1.29 is 22.4 Å². The Morgan fingerprint density at radius 2 is 2.04 bits per heavy atom. The Balaban J connectivity index is 1.67. The smallest absolute Gasteiger partial charge is 0.270 e. The molecular formula is C17H17N3O5S2. The molecule has 3 aromatic rings. The predicted octanol–water partition coefficient (Wildman–Crippen LogP) is 3.49. The maximum Gasteiger partial charge on any atom is 0.270 e. The van der Waals surface area contributed by atoms with E-state index in [-0.39, 0.29) is 10.6 Å². The molecular weight excluding hydrogens is 390 g/mol. The summed E-state index contributed by atoms with van der Waals surface area (Å²) in [4.78, 5) is 4.94. The molecule has 1 aliphatic rings. The van der Waals surface area contributed by atoms with Gasteiger partial charge < -0.3 is 14.0 Å². The molecule has 0 aliphatic heterocycles. The van der Waals surface area contributed by atoms with Crippen LogP contribution in [0.25, 0.3) is 10.8 Å². The van der Waals surface area contributed by atoms with Crippen LogP contribution in [0.2, 0.25) is 0 Å². The highest BCUT2D eigenvalue weighted by Gasteiger charge is 2.30. The summed E-state index contributed by atoms with van der Waals surface area (Å²) in [7, 11) is -1.05. The van der Waals surface area contributed by atoms with Gasteiger partial charge in [0.2, 0.25) is 0 Å². The van der Waals surface area contributed by atoms with Crippen LogP contribution in [0.3, 0.4) is 0 Å². The molecule has 1 saturated carbocycles. The summed E-state index contributed by atoms with van der Waals surface area (Å²) in [6.07, 6.45) is 2.11. The zero-order valence-corrected chi connectivity index (χ0v) is 16.3. The number of ether oxygens (including phenoxy) is 2. The highest BCUT2D eigenvalue weighted by Crippen LogP contribution is 2.41. The number of aromatic nitrogens is 2. The van der Waals surface area contributed by atoms with Crippen molar-refractivity contribution in [3.05, 3.63) is 35.5 Å². The maximum absolute atomic E-state index is 12.9. The van der Waals surface area contributed by atoms with Crippen molar-refractivity contribution in [2.45, 2.75) is 23.7 Å². The van der Waals surface area contributed by atoms with Crippen molar-refractivity contribution in [2.75, 3.05) is 18.9 Å². The summed E-state index contributed by atoms with van der Waals surface area (Å²) >= 11 is 1.32. The van der Waals surface area contributed by atoms with Gasteiger partial charge in [-0.1, -0.05) is 5.16 Å². The van der Waals surface area contributed by atoms with E-state index in [4.69, 9.17) is 14.0 Å². The first-order valence-electron chi connectivity index (χ1n) is 8.18. The minimum absolute atomic E-state index is 0.0225. The Bertz CT molecular complexity index is 1070. The number of sulfonamides is 1. The summed E-state index contributed by atoms with van der Waals surface area (Å²) in [6, 6.07) is 6.24. The topological polar surface area (TPSA) is 104 Å². The Hall–Kier alpha value is -2.59. The van der Waals surface area contributed by atoms with Crippen molar-refractivity contribution in [1.29, 1.82) is 0 Å². The molecule has 0 unspecified atom stereocenters. The molecule has 0 amide bonds. The normalized spacial score (nSPS) is 14.1. The van der Waals surface area contributed by atoms with Crippen molar-refractivity contribution >= 4 is 27.0 Å². The second-order valence-electron chi connectivity index (χ2n) is 6.02. The van der Waals surface area contributed by atoms with Crippen LogP contribution in [-0.2, 0) is 10.0 Å². The Morgan fingerprint density at radius 3 is 2.74 bits per heavy atom. The van der Waals surface area contributed by atoms with Crippen LogP contribution in [0, 0.1) is 0 Å². The third-order valence-corrected chi connectivity index (χ3v) is 6.44. The van der Waals surface area contributed by atoms with Crippen LogP contribution < -0.4 is 14.2 Å². The molecule has 1 N–H and O–H groups in total. The van der Waals surface area contributed by atoms with Gasteiger partial charge in [0, 0.05) is 12.0 Å². The molecule has 0 radical (unpaired) electrons. The second kappa shape index (κ2) is 6.86. The minimum atomic E-state index is -3.92. The van der Waals surface area contributed by atoms with Gasteiger partial charge in [-0.15, -0.1) is 11.3 Å². The molecule has 0 bridgehead atoms. The number of methoxy groups -OCH3 is 2. The molecule has 10 heteroatoms. The van der Waals surface area contributed by atoms with E-state index in [0.29, 0.717) is 33.9 Å². The SMILES string of the molecule is COc1ccc(OC)c(S(=O)(=O)Nc2ccsc2-c2nc(C3CC3)no2)c1. The van der Waals surface area contributed by atoms with E-state index >= 15 is 0 Å². The average Bonchev–Trinajstić information content (AvgIpc) is 3.23. The third kappa shape index (κ3) is 3.50. The van der Waals surface area contributed by atoms with E-state index in [0.717, 1.165) is 12.8 Å². The molecule has 2 heterocycles. The number of nitrogens with zero attached hydrogens (tertiary/aromatic N) is 2. The summed E-state index contributed by atoms with van der Waals surface area (Å²) in [5.74, 6) is 1.95. The van der Waals surface area contributed by atoms with Crippen molar-refractivity contribution in [1.82, 2.24) is 10.1 Å². The molecule has 4 rings (SSSR count). The van der Waals surface area contributed by atoms with Crippen LogP contribution in [0.5, 0.6) is 11.5 Å². The second-order valence-corrected chi connectivity index (χ2v) is 8.58. The maximum atomic E-state index is 12.9. The third-order valence-electron chi connectivity index (χ3n) is 4.15. The van der Waals surface area contributed by atoms with Crippen molar-refractivity contribution in [3.63, 3.8) is 0 Å². The lowest BCUT2D eigenvalue weighted by molar-refractivity contribution is 0.392. The summed E-state index contributed by atoms with van der Waals surface area (Å²) in [6.45, 7) is 0. The van der Waals surface area contributed by atoms with E-state index in [1.54, 1.807) is 23.6 Å². The molecule has 2 aromatic heterocycles. The molecule has 8 nitrogen and oxygen atoms in total. The fraction of sp³-hybridized carbons (Fsp3) is 0.294. The molecule has 0 saturated heterocycles. The lowest BCUT2D eigenvalue weighted by Gasteiger charge is -2.12. The quantitative estimate of drug-likeness (QED) is 0.639. The molecule has 1 aliphatic carbocycles. The number of benzene rings is 1. The average molecular weight is 407 g/mol. The van der Waals surface area contributed by atoms with Crippen LogP contribution in [0.1, 0.15) is 24.6 Å². The van der Waals surface area contributed by atoms with Crippen LogP contribution in [0.4, 0.5) is 5.69 Å². The van der Waals surface area contributed by atoms with Gasteiger partial charge in [-0.3, -0.25) is 4.72 Å². The van der Waals surface area contributed by atoms with Gasteiger partial charge in [0.05, 0.1) is 19.9 Å². The van der Waals surface area contributed by atoms with Crippen LogP contribution in [-0.4, -0.2) is 32.8 Å². The van der Waals surface area contributed by atoms with Gasteiger partial charge >= 0.3 is 0 Å². The monoisotopic (exact) mass is 407 g/mol. The minimum Gasteiger partial charge on any atom is -0.497 e. The van der Waals surface area contributed by atoms with Gasteiger partial charge in [-0.05, 0) is 36.4 Å². The fourth-order valence-electron chi connectivity index (χ4n) is 2.58. The Morgan fingerprint density at radius 1 is 1.22 bits per heavy atom. The molecule has 1 fully saturated rings. The molecule has 0 atom stereocenters. The largest absolute Gasteiger partial charge is 0.497 e. The summed E-state index contributed by atoms with van der Waals surface area (Å²) in [5, 5.41) is 5.75. The first kappa shape index (κ1) is 17.8. The lowest BCUT2D eigenvalue weighted by atomic mass is 10.3. The zero-order valence-electron chi connectivity index (χ0n) is 14.6. The van der Waals surface area contributed by atoms with E-state index in [2.05, 4.69) is 14.9 Å². The van der Waals surface area contributed by atoms with Gasteiger partial charge in [0.25, 0.3) is 15.9 Å². The Kier molecular flexibility index (Phi) is 4.52. The Labute approximate surface area is 160 Å². The van der Waals surface area contributed by atoms with Crippen LogP contribution >= 0.6 is 11.3 Å². The van der Waals surface area contributed by atoms with Gasteiger partial charge in [-0.25, -0.2) is 8.42 Å². The number of anilines is 1. The standard InChI is InChI=1S/C17H17N3O5S2/c1-23-11-5-6-13(24-2)14(9-11)27(21,22)20-12-7-8-26-15(12)17-18-16(19-25-17)10-3-4-10/h5-10,20H,3-4H2,1-2H3. The molecule has 0 spiro atoms. The molecule has 142 valence electrons. The van der Waals surface area contributed by atoms with Gasteiger partial charge in [-0.2, -0.15) is 4.98 Å². The summed E-state index contributed by atoms with van der Waals surface area (Å²) < 4.78 is 44.1. The lowest BCUT2D eigenvalue weighted by Crippen LogP contribution is -2.14. The number of hydrogen-bond donors (Lipinski definition) is 1. The summed E-state index contributed by atoms with van der Waals surface area (Å²) in [5.41, 5.74) is 0.371. The number of hydrogen-bond acceptors (Lipinski definition) is 8. The number of thiophene rings is 1. The number of rotatable bonds is 7. The first-order valence-corrected chi connectivity index (χ1v) is 10.5. The highest BCUT2D eigenvalue weighted by atomic mass is 32.2. The van der Waals surface area contributed by atoms with Gasteiger partial charge in [0.1, 0.15) is 21.3 Å². The predicted molar refractivity (Wildman–Crippen MR) is 99.9 cm³/mol. The highest BCUT2D eigenvalue weighted by molar-refractivity contribution is 7.92. The van der Waals surface area contributed by atoms with E-state index in [1.807, 2.05) is 0 Å². The fourth-order valence-corrected chi connectivity index (χ4v) is 4.68. The van der Waals surface area contributed by atoms with E-state index < -0.39 is 10.0 Å². The van der Waals surface area contributed by atoms with E-state index in [9.17, 15) is 8.42 Å². The van der Waals surface area contributed by atoms with Crippen LogP contribution in [0.15, 0.2) is 39.1 Å². The van der Waals surface area contributed by atoms with Gasteiger partial charge in [0.15, 0.2) is 5.82 Å². The number of nitrogens with one attached hydrogen (secondary N) is 1. The zero-order chi connectivity index (χ0) is 19.0. The van der Waals surface area contributed by atoms with Crippen molar-refractivity contribution in [2.24, 2.45) is 0 Å². The molecule has 27 heavy (non-hydrogen) atoms. The van der Waals surface area contributed by atoms with Crippen molar-refractivity contribution in [3.8, 4) is 22.3 Å².